The zero-order valence-electron chi connectivity index (χ0n) is 11.4. The topological polar surface area (TPSA) is 62.7 Å². The molecule has 0 aliphatic heterocycles. The van der Waals surface area contributed by atoms with Gasteiger partial charge in [0, 0.05) is 17.3 Å². The van der Waals surface area contributed by atoms with E-state index in [0.29, 0.717) is 16.0 Å². The summed E-state index contributed by atoms with van der Waals surface area (Å²) in [5, 5.41) is 8.34. The van der Waals surface area contributed by atoms with Crippen molar-refractivity contribution in [3.8, 4) is 6.07 Å². The number of hydrogen-bond donors (Lipinski definition) is 2. The molecule has 1 atom stereocenters. The summed E-state index contributed by atoms with van der Waals surface area (Å²) >= 11 is 3.99. The van der Waals surface area contributed by atoms with E-state index >= 15 is 0 Å². The Bertz CT molecular complexity index is 609. The van der Waals surface area contributed by atoms with E-state index in [9.17, 15) is 8.78 Å². The van der Waals surface area contributed by atoms with Crippen LogP contribution >= 0.6 is 12.6 Å². The van der Waals surface area contributed by atoms with E-state index in [-0.39, 0.29) is 0 Å². The van der Waals surface area contributed by atoms with Crippen molar-refractivity contribution >= 4 is 12.6 Å². The molecule has 1 aromatic heterocycles. The molecule has 0 aliphatic rings. The third-order valence-electron chi connectivity index (χ3n) is 2.59. The molecule has 1 heterocycles. The number of alkyl halides is 2. The van der Waals surface area contributed by atoms with Crippen LogP contribution in [0, 0.1) is 18.3 Å². The highest BCUT2D eigenvalue weighted by atomic mass is 32.1. The van der Waals surface area contributed by atoms with Crippen LogP contribution < -0.4 is 5.73 Å². The standard InChI is InChI=1S/C9H11F2N.C6H4N2S/c1-6-2-4-7(5-3-6)8(12)9(10)11;7-2-5-1-6(9)4-8-3-5/h2-5,8-9H,12H2,1H3;1,3-4,9H. The van der Waals surface area contributed by atoms with Crippen molar-refractivity contribution in [2.75, 3.05) is 0 Å². The lowest BCUT2D eigenvalue weighted by Gasteiger charge is -2.10. The number of aromatic nitrogens is 1. The smallest absolute Gasteiger partial charge is 0.257 e. The maximum atomic E-state index is 12.1. The summed E-state index contributed by atoms with van der Waals surface area (Å²) in [7, 11) is 0. The first kappa shape index (κ1) is 17.1. The molecular weight excluding hydrogens is 292 g/mol. The monoisotopic (exact) mass is 307 g/mol. The van der Waals surface area contributed by atoms with E-state index in [2.05, 4.69) is 17.6 Å². The summed E-state index contributed by atoms with van der Waals surface area (Å²) in [4.78, 5) is 4.47. The first-order chi connectivity index (χ1) is 9.93. The first-order valence-corrected chi connectivity index (χ1v) is 6.53. The highest BCUT2D eigenvalue weighted by molar-refractivity contribution is 7.80. The van der Waals surface area contributed by atoms with Crippen LogP contribution in [-0.4, -0.2) is 11.4 Å². The molecule has 0 saturated heterocycles. The summed E-state index contributed by atoms with van der Waals surface area (Å²) in [6.45, 7) is 1.90. The molecule has 3 nitrogen and oxygen atoms in total. The van der Waals surface area contributed by atoms with Gasteiger partial charge in [-0.1, -0.05) is 29.8 Å². The van der Waals surface area contributed by atoms with Gasteiger partial charge < -0.3 is 5.73 Å². The predicted molar refractivity (Wildman–Crippen MR) is 80.3 cm³/mol. The third kappa shape index (κ3) is 5.90. The zero-order chi connectivity index (χ0) is 15.8. The molecule has 0 saturated carbocycles. The third-order valence-corrected chi connectivity index (χ3v) is 2.83. The minimum absolute atomic E-state index is 0.482. The lowest BCUT2D eigenvalue weighted by molar-refractivity contribution is 0.116. The van der Waals surface area contributed by atoms with Gasteiger partial charge in [-0.25, -0.2) is 8.78 Å². The summed E-state index contributed by atoms with van der Waals surface area (Å²) < 4.78 is 24.2. The minimum atomic E-state index is -2.49. The van der Waals surface area contributed by atoms with Crippen molar-refractivity contribution in [2.45, 2.75) is 24.3 Å². The lowest BCUT2D eigenvalue weighted by atomic mass is 10.1. The summed E-state index contributed by atoms with van der Waals surface area (Å²) in [5.41, 5.74) is 7.31. The van der Waals surface area contributed by atoms with Gasteiger partial charge in [0.2, 0.25) is 0 Å². The fourth-order valence-corrected chi connectivity index (χ4v) is 1.63. The van der Waals surface area contributed by atoms with E-state index < -0.39 is 12.5 Å². The van der Waals surface area contributed by atoms with Gasteiger partial charge in [0.1, 0.15) is 6.07 Å². The summed E-state index contributed by atoms with van der Waals surface area (Å²) in [6, 6.07) is 9.27. The molecule has 2 rings (SSSR count). The van der Waals surface area contributed by atoms with Crippen molar-refractivity contribution in [1.29, 1.82) is 5.26 Å². The summed E-state index contributed by atoms with van der Waals surface area (Å²) in [6.07, 6.45) is 0.594. The van der Waals surface area contributed by atoms with Crippen molar-refractivity contribution in [3.63, 3.8) is 0 Å². The number of hydrogen-bond acceptors (Lipinski definition) is 4. The van der Waals surface area contributed by atoms with Crippen LogP contribution in [0.25, 0.3) is 0 Å². The van der Waals surface area contributed by atoms with E-state index in [4.69, 9.17) is 11.0 Å². The lowest BCUT2D eigenvalue weighted by Crippen LogP contribution is -2.18. The molecule has 0 radical (unpaired) electrons. The van der Waals surface area contributed by atoms with E-state index in [0.717, 1.165) is 5.56 Å². The Kier molecular flexibility index (Phi) is 6.79. The Labute approximate surface area is 127 Å². The Morgan fingerprint density at radius 3 is 2.29 bits per heavy atom. The summed E-state index contributed by atoms with van der Waals surface area (Å²) in [5.74, 6) is 0. The molecule has 110 valence electrons. The number of thiol groups is 1. The number of benzene rings is 1. The number of rotatable bonds is 2. The van der Waals surface area contributed by atoms with E-state index in [1.54, 1.807) is 36.5 Å². The number of nitrogens with two attached hydrogens (primary N) is 1. The highest BCUT2D eigenvalue weighted by Crippen LogP contribution is 2.17. The molecular formula is C15H15F2N3S. The Morgan fingerprint density at radius 2 is 1.86 bits per heavy atom. The van der Waals surface area contributed by atoms with Crippen molar-refractivity contribution in [2.24, 2.45) is 5.73 Å². The number of aryl methyl sites for hydroxylation is 1. The maximum absolute atomic E-state index is 12.1. The van der Waals surface area contributed by atoms with Crippen LogP contribution in [0.5, 0.6) is 0 Å². The SMILES string of the molecule is Cc1ccc(C(N)C(F)F)cc1.N#Cc1cncc(S)c1. The minimum Gasteiger partial charge on any atom is -0.319 e. The molecule has 2 N–H and O–H groups in total. The predicted octanol–water partition coefficient (Wildman–Crippen LogP) is 3.50. The van der Waals surface area contributed by atoms with Gasteiger partial charge in [0.25, 0.3) is 6.43 Å². The Morgan fingerprint density at radius 1 is 1.24 bits per heavy atom. The van der Waals surface area contributed by atoms with Crippen molar-refractivity contribution in [1.82, 2.24) is 4.98 Å². The molecule has 1 unspecified atom stereocenters. The van der Waals surface area contributed by atoms with Crippen molar-refractivity contribution in [3.05, 3.63) is 59.4 Å². The molecule has 0 bridgehead atoms. The second kappa shape index (κ2) is 8.35. The molecule has 0 fully saturated rings. The zero-order valence-corrected chi connectivity index (χ0v) is 12.3. The molecule has 1 aromatic carbocycles. The van der Waals surface area contributed by atoms with Gasteiger partial charge in [0.15, 0.2) is 0 Å². The fraction of sp³-hybridized carbons (Fsp3) is 0.200. The van der Waals surface area contributed by atoms with Gasteiger partial charge in [0.05, 0.1) is 11.6 Å². The van der Waals surface area contributed by atoms with Crippen LogP contribution in [0.4, 0.5) is 8.78 Å². The number of pyridine rings is 1. The number of nitriles is 1. The van der Waals surface area contributed by atoms with Gasteiger partial charge >= 0.3 is 0 Å². The Hall–Kier alpha value is -1.97. The quantitative estimate of drug-likeness (QED) is 0.835. The van der Waals surface area contributed by atoms with E-state index in [1.807, 2.05) is 13.0 Å². The molecule has 2 aromatic rings. The average molecular weight is 307 g/mol. The Balaban J connectivity index is 0.000000219. The van der Waals surface area contributed by atoms with E-state index in [1.165, 1.54) is 6.20 Å². The molecule has 0 amide bonds. The molecule has 0 spiro atoms. The first-order valence-electron chi connectivity index (χ1n) is 6.08. The number of nitrogens with zero attached hydrogens (tertiary/aromatic N) is 2. The van der Waals surface area contributed by atoms with Crippen LogP contribution in [0.3, 0.4) is 0 Å². The fourth-order valence-electron chi connectivity index (χ4n) is 1.42. The second-order valence-electron chi connectivity index (χ2n) is 4.31. The van der Waals surface area contributed by atoms with Gasteiger partial charge in [-0.3, -0.25) is 4.98 Å². The normalized spacial score (nSPS) is 11.3. The van der Waals surface area contributed by atoms with Gasteiger partial charge in [-0.2, -0.15) is 5.26 Å². The maximum Gasteiger partial charge on any atom is 0.257 e. The van der Waals surface area contributed by atoms with Crippen molar-refractivity contribution < 1.29 is 8.78 Å². The van der Waals surface area contributed by atoms with Gasteiger partial charge in [-0.15, -0.1) is 12.6 Å². The van der Waals surface area contributed by atoms with Crippen LogP contribution in [0.1, 0.15) is 22.7 Å². The average Bonchev–Trinajstić information content (AvgIpc) is 2.48. The highest BCUT2D eigenvalue weighted by Gasteiger charge is 2.16. The number of halogens is 2. The molecule has 0 aliphatic carbocycles. The van der Waals surface area contributed by atoms with Crippen LogP contribution in [0.15, 0.2) is 47.6 Å². The van der Waals surface area contributed by atoms with Gasteiger partial charge in [-0.05, 0) is 18.6 Å². The second-order valence-corrected chi connectivity index (χ2v) is 4.83. The van der Waals surface area contributed by atoms with Crippen LogP contribution in [0.2, 0.25) is 0 Å². The molecule has 6 heteroatoms. The largest absolute Gasteiger partial charge is 0.319 e. The van der Waals surface area contributed by atoms with Crippen LogP contribution in [-0.2, 0) is 0 Å². The molecule has 21 heavy (non-hydrogen) atoms.